The number of anilines is 1. The van der Waals surface area contributed by atoms with Gasteiger partial charge in [0.2, 0.25) is 11.8 Å². The molecule has 6 heteroatoms. The lowest BCUT2D eigenvalue weighted by Crippen LogP contribution is -2.42. The van der Waals surface area contributed by atoms with E-state index < -0.39 is 0 Å². The van der Waals surface area contributed by atoms with Crippen molar-refractivity contribution in [3.8, 4) is 16.9 Å². The van der Waals surface area contributed by atoms with Gasteiger partial charge in [0.25, 0.3) is 0 Å². The molecule has 27 heavy (non-hydrogen) atoms. The largest absolute Gasteiger partial charge is 0.497 e. The van der Waals surface area contributed by atoms with Gasteiger partial charge in [-0.15, -0.1) is 0 Å². The third-order valence-corrected chi connectivity index (χ3v) is 4.87. The zero-order chi connectivity index (χ0) is 19.2. The Morgan fingerprint density at radius 3 is 2.44 bits per heavy atom. The van der Waals surface area contributed by atoms with Crippen LogP contribution < -0.4 is 15.8 Å². The van der Waals surface area contributed by atoms with Crippen LogP contribution in [0.5, 0.6) is 5.75 Å². The van der Waals surface area contributed by atoms with Gasteiger partial charge >= 0.3 is 0 Å². The summed E-state index contributed by atoms with van der Waals surface area (Å²) in [4.78, 5) is 25.6. The highest BCUT2D eigenvalue weighted by Crippen LogP contribution is 2.27. The van der Waals surface area contributed by atoms with Crippen LogP contribution in [0.15, 0.2) is 48.5 Å². The summed E-state index contributed by atoms with van der Waals surface area (Å²) in [5, 5.41) is 3.03. The van der Waals surface area contributed by atoms with Gasteiger partial charge in [0.15, 0.2) is 0 Å². The van der Waals surface area contributed by atoms with E-state index in [-0.39, 0.29) is 24.3 Å². The molecule has 3 rings (SSSR count). The number of nitrogens with zero attached hydrogens (tertiary/aromatic N) is 1. The maximum atomic E-state index is 12.6. The second-order valence-electron chi connectivity index (χ2n) is 6.82. The first-order valence-corrected chi connectivity index (χ1v) is 9.11. The van der Waals surface area contributed by atoms with Crippen molar-refractivity contribution < 1.29 is 14.3 Å². The van der Waals surface area contributed by atoms with Crippen LogP contribution in [-0.2, 0) is 9.59 Å². The SMILES string of the molecule is COc1cccc(-c2cccc(NC(=O)C3CCN(CC(N)=O)CC3)c2)c1. The van der Waals surface area contributed by atoms with Gasteiger partial charge in [-0.25, -0.2) is 0 Å². The molecular formula is C21H25N3O3. The molecule has 0 aliphatic carbocycles. The van der Waals surface area contributed by atoms with E-state index in [1.807, 2.05) is 53.4 Å². The molecule has 1 saturated heterocycles. The van der Waals surface area contributed by atoms with Crippen LogP contribution in [0.2, 0.25) is 0 Å². The molecule has 0 bridgehead atoms. The minimum atomic E-state index is -0.327. The van der Waals surface area contributed by atoms with E-state index in [1.54, 1.807) is 7.11 Å². The van der Waals surface area contributed by atoms with Crippen molar-refractivity contribution in [3.63, 3.8) is 0 Å². The van der Waals surface area contributed by atoms with Gasteiger partial charge in [-0.2, -0.15) is 0 Å². The van der Waals surface area contributed by atoms with Crippen LogP contribution in [0.4, 0.5) is 5.69 Å². The first-order valence-electron chi connectivity index (χ1n) is 9.11. The highest BCUT2D eigenvalue weighted by atomic mass is 16.5. The Hall–Kier alpha value is -2.86. The summed E-state index contributed by atoms with van der Waals surface area (Å²) in [6.45, 7) is 1.69. The number of carbonyl (C=O) groups excluding carboxylic acids is 2. The predicted molar refractivity (Wildman–Crippen MR) is 105 cm³/mol. The monoisotopic (exact) mass is 367 g/mol. The van der Waals surface area contributed by atoms with Crippen LogP contribution in [0.3, 0.4) is 0 Å². The van der Waals surface area contributed by atoms with Crippen molar-refractivity contribution in [1.82, 2.24) is 4.90 Å². The van der Waals surface area contributed by atoms with Crippen LogP contribution in [-0.4, -0.2) is 43.5 Å². The summed E-state index contributed by atoms with van der Waals surface area (Å²) in [5.41, 5.74) is 8.06. The maximum Gasteiger partial charge on any atom is 0.231 e. The minimum Gasteiger partial charge on any atom is -0.497 e. The summed E-state index contributed by atoms with van der Waals surface area (Å²) in [6.07, 6.45) is 1.46. The first kappa shape index (κ1) is 18.9. The van der Waals surface area contributed by atoms with Crippen LogP contribution in [0.25, 0.3) is 11.1 Å². The normalized spacial score (nSPS) is 15.3. The molecule has 0 radical (unpaired) electrons. The minimum absolute atomic E-state index is 0.0246. The summed E-state index contributed by atoms with van der Waals surface area (Å²) < 4.78 is 5.28. The van der Waals surface area contributed by atoms with E-state index in [9.17, 15) is 9.59 Å². The van der Waals surface area contributed by atoms with E-state index in [2.05, 4.69) is 5.32 Å². The van der Waals surface area contributed by atoms with Gasteiger partial charge in [-0.05, 0) is 61.3 Å². The summed E-state index contributed by atoms with van der Waals surface area (Å²) >= 11 is 0. The van der Waals surface area contributed by atoms with E-state index in [1.165, 1.54) is 0 Å². The highest BCUT2D eigenvalue weighted by Gasteiger charge is 2.25. The molecule has 0 aromatic heterocycles. The first-order chi connectivity index (χ1) is 13.0. The number of piperidine rings is 1. The average molecular weight is 367 g/mol. The number of nitrogens with one attached hydrogen (secondary N) is 1. The molecule has 1 fully saturated rings. The van der Waals surface area contributed by atoms with Gasteiger partial charge in [0.05, 0.1) is 13.7 Å². The molecule has 1 heterocycles. The fourth-order valence-electron chi connectivity index (χ4n) is 3.40. The Labute approximate surface area is 159 Å². The number of likely N-dealkylation sites (tertiary alicyclic amines) is 1. The number of nitrogens with two attached hydrogens (primary N) is 1. The molecule has 1 aliphatic rings. The number of amides is 2. The molecule has 0 atom stereocenters. The van der Waals surface area contributed by atoms with Gasteiger partial charge in [-0.1, -0.05) is 24.3 Å². The molecule has 2 amide bonds. The molecule has 1 aliphatic heterocycles. The zero-order valence-electron chi connectivity index (χ0n) is 15.5. The predicted octanol–water partition coefficient (Wildman–Crippen LogP) is 2.50. The van der Waals surface area contributed by atoms with Crippen molar-refractivity contribution in [2.24, 2.45) is 11.7 Å². The Kier molecular flexibility index (Phi) is 6.08. The molecule has 2 aromatic carbocycles. The molecule has 3 N–H and O–H groups in total. The number of methoxy groups -OCH3 is 1. The number of carbonyl (C=O) groups is 2. The van der Waals surface area contributed by atoms with E-state index >= 15 is 0 Å². The average Bonchev–Trinajstić information content (AvgIpc) is 2.68. The van der Waals surface area contributed by atoms with Crippen LogP contribution >= 0.6 is 0 Å². The van der Waals surface area contributed by atoms with Gasteiger partial charge in [0.1, 0.15) is 5.75 Å². The fraction of sp³-hybridized carbons (Fsp3) is 0.333. The second kappa shape index (κ2) is 8.68. The summed E-state index contributed by atoms with van der Waals surface area (Å²) in [7, 11) is 1.64. The number of benzene rings is 2. The summed E-state index contributed by atoms with van der Waals surface area (Å²) in [6, 6.07) is 15.6. The van der Waals surface area contributed by atoms with Crippen LogP contribution in [0, 0.1) is 5.92 Å². The number of hydrogen-bond donors (Lipinski definition) is 2. The van der Waals surface area contributed by atoms with Gasteiger partial charge in [-0.3, -0.25) is 14.5 Å². The highest BCUT2D eigenvalue weighted by molar-refractivity contribution is 5.93. The van der Waals surface area contributed by atoms with Crippen LogP contribution in [0.1, 0.15) is 12.8 Å². The Morgan fingerprint density at radius 1 is 1.11 bits per heavy atom. The lowest BCUT2D eigenvalue weighted by atomic mass is 9.95. The summed E-state index contributed by atoms with van der Waals surface area (Å²) in [5.74, 6) is 0.447. The third kappa shape index (κ3) is 5.08. The molecule has 2 aromatic rings. The van der Waals surface area contributed by atoms with Crippen molar-refractivity contribution in [2.75, 3.05) is 32.1 Å². The lowest BCUT2D eigenvalue weighted by Gasteiger charge is -2.30. The molecular weight excluding hydrogens is 342 g/mol. The zero-order valence-corrected chi connectivity index (χ0v) is 15.5. The fourth-order valence-corrected chi connectivity index (χ4v) is 3.40. The van der Waals surface area contributed by atoms with Gasteiger partial charge < -0.3 is 15.8 Å². The van der Waals surface area contributed by atoms with Crippen molar-refractivity contribution in [2.45, 2.75) is 12.8 Å². The topological polar surface area (TPSA) is 84.7 Å². The molecule has 6 nitrogen and oxygen atoms in total. The lowest BCUT2D eigenvalue weighted by molar-refractivity contribution is -0.122. The Bertz CT molecular complexity index is 814. The third-order valence-electron chi connectivity index (χ3n) is 4.87. The number of hydrogen-bond acceptors (Lipinski definition) is 4. The van der Waals surface area contributed by atoms with Crippen molar-refractivity contribution in [3.05, 3.63) is 48.5 Å². The van der Waals surface area contributed by atoms with Crippen molar-refractivity contribution in [1.29, 1.82) is 0 Å². The number of primary amides is 1. The molecule has 0 spiro atoms. The van der Waals surface area contributed by atoms with E-state index in [0.717, 1.165) is 35.4 Å². The van der Waals surface area contributed by atoms with Gasteiger partial charge in [0, 0.05) is 11.6 Å². The Balaban J connectivity index is 1.63. The molecule has 0 saturated carbocycles. The van der Waals surface area contributed by atoms with E-state index in [0.29, 0.717) is 13.1 Å². The molecule has 0 unspecified atom stereocenters. The Morgan fingerprint density at radius 2 is 1.78 bits per heavy atom. The smallest absolute Gasteiger partial charge is 0.231 e. The quantitative estimate of drug-likeness (QED) is 0.822. The standard InChI is InChI=1S/C21H25N3O3/c1-27-19-7-3-5-17(13-19)16-4-2-6-18(12-16)23-21(26)15-8-10-24(11-9-15)14-20(22)25/h2-7,12-13,15H,8-11,14H2,1H3,(H2,22,25)(H,23,26). The number of ether oxygens (including phenoxy) is 1. The maximum absolute atomic E-state index is 12.6. The van der Waals surface area contributed by atoms with E-state index in [4.69, 9.17) is 10.5 Å². The second-order valence-corrected chi connectivity index (χ2v) is 6.82. The molecule has 142 valence electrons. The number of rotatable bonds is 6. The van der Waals surface area contributed by atoms with Crippen molar-refractivity contribution >= 4 is 17.5 Å².